The molecule has 0 aliphatic carbocycles. The highest BCUT2D eigenvalue weighted by Gasteiger charge is 2.45. The zero-order chi connectivity index (χ0) is 13.3. The maximum atomic E-state index is 12.7. The average molecular weight is 277 g/mol. The van der Waals surface area contributed by atoms with Gasteiger partial charge in [-0.3, -0.25) is 14.9 Å². The number of aliphatic hydroxyl groups is 1. The van der Waals surface area contributed by atoms with Gasteiger partial charge in [-0.15, -0.1) is 0 Å². The van der Waals surface area contributed by atoms with Gasteiger partial charge in [0.05, 0.1) is 42.1 Å². The first-order valence-electron chi connectivity index (χ1n) is 5.95. The highest BCUT2D eigenvalue weighted by Crippen LogP contribution is 2.37. The minimum atomic E-state index is -0.578. The molecule has 5 atom stereocenters. The van der Waals surface area contributed by atoms with Crippen molar-refractivity contribution >= 4 is 24.0 Å². The molecule has 102 valence electrons. The number of amides is 2. The fourth-order valence-corrected chi connectivity index (χ4v) is 3.04. The van der Waals surface area contributed by atoms with Crippen LogP contribution in [0, 0.1) is 11.8 Å². The van der Waals surface area contributed by atoms with Gasteiger partial charge in [-0.05, 0) is 12.8 Å². The van der Waals surface area contributed by atoms with Crippen LogP contribution in [0.4, 0.5) is 3.89 Å². The molecule has 2 N–H and O–H groups in total. The Morgan fingerprint density at radius 2 is 2.17 bits per heavy atom. The number of halogens is 1. The van der Waals surface area contributed by atoms with Crippen LogP contribution < -0.4 is 5.32 Å². The predicted octanol–water partition coefficient (Wildman–Crippen LogP) is 0.421. The number of rotatable bonds is 3. The van der Waals surface area contributed by atoms with E-state index in [0.29, 0.717) is 12.8 Å². The van der Waals surface area contributed by atoms with Crippen LogP contribution in [0.25, 0.3) is 0 Å². The molecular weight excluding hydrogens is 261 g/mol. The molecule has 5 nitrogen and oxygen atoms in total. The Hall–Kier alpha value is -0.660. The van der Waals surface area contributed by atoms with Crippen molar-refractivity contribution in [2.75, 3.05) is 6.61 Å². The fraction of sp³-hybridized carbons (Fsp3) is 0.818. The molecule has 2 aliphatic heterocycles. The van der Waals surface area contributed by atoms with Crippen LogP contribution in [-0.4, -0.2) is 41.0 Å². The third-order valence-corrected chi connectivity index (χ3v) is 4.34. The average Bonchev–Trinajstić information content (AvgIpc) is 2.76. The summed E-state index contributed by atoms with van der Waals surface area (Å²) in [6.07, 6.45) is -0.209. The van der Waals surface area contributed by atoms with Crippen molar-refractivity contribution in [3.05, 3.63) is 0 Å². The van der Waals surface area contributed by atoms with E-state index in [4.69, 9.17) is 9.84 Å². The summed E-state index contributed by atoms with van der Waals surface area (Å²) < 4.78 is 18.2. The van der Waals surface area contributed by atoms with Crippen LogP contribution in [0.5, 0.6) is 0 Å². The normalized spacial score (nSPS) is 40.9. The molecule has 18 heavy (non-hydrogen) atoms. The number of ether oxygens (including phenoxy) is 1. The number of imide groups is 1. The Kier molecular flexibility index (Phi) is 4.24. The van der Waals surface area contributed by atoms with Crippen molar-refractivity contribution in [3.8, 4) is 0 Å². The fourth-order valence-electron chi connectivity index (χ4n) is 2.51. The monoisotopic (exact) mass is 277 g/mol. The highest BCUT2D eigenvalue weighted by molar-refractivity contribution is 7.95. The largest absolute Gasteiger partial charge is 0.394 e. The van der Waals surface area contributed by atoms with E-state index in [0.717, 1.165) is 0 Å². The first-order chi connectivity index (χ1) is 8.56. The first-order valence-corrected chi connectivity index (χ1v) is 6.73. The van der Waals surface area contributed by atoms with Crippen molar-refractivity contribution in [1.82, 2.24) is 5.32 Å². The molecule has 0 radical (unpaired) electrons. The minimum absolute atomic E-state index is 0.152. The van der Waals surface area contributed by atoms with E-state index in [1.165, 1.54) is 0 Å². The third kappa shape index (κ3) is 2.53. The molecule has 2 rings (SSSR count). The van der Waals surface area contributed by atoms with Gasteiger partial charge in [0, 0.05) is 5.92 Å². The molecule has 2 saturated heterocycles. The second-order valence-electron chi connectivity index (χ2n) is 4.86. The minimum Gasteiger partial charge on any atom is -0.394 e. The van der Waals surface area contributed by atoms with Crippen LogP contribution in [0.2, 0.25) is 0 Å². The topological polar surface area (TPSA) is 75.6 Å². The van der Waals surface area contributed by atoms with Gasteiger partial charge in [0.25, 0.3) is 0 Å². The van der Waals surface area contributed by atoms with Gasteiger partial charge in [-0.1, -0.05) is 6.92 Å². The number of aliphatic hydroxyl groups excluding tert-OH is 1. The van der Waals surface area contributed by atoms with E-state index in [1.54, 1.807) is 6.92 Å². The summed E-state index contributed by atoms with van der Waals surface area (Å²) in [6, 6.07) is 0. The van der Waals surface area contributed by atoms with Gasteiger partial charge in [-0.2, -0.15) is 3.89 Å². The summed E-state index contributed by atoms with van der Waals surface area (Å²) in [5.41, 5.74) is 0. The van der Waals surface area contributed by atoms with E-state index in [-0.39, 0.29) is 36.5 Å². The molecule has 2 fully saturated rings. The lowest BCUT2D eigenvalue weighted by Crippen LogP contribution is -2.49. The number of hydrogen-bond acceptors (Lipinski definition) is 5. The van der Waals surface area contributed by atoms with Gasteiger partial charge < -0.3 is 9.84 Å². The Morgan fingerprint density at radius 1 is 1.44 bits per heavy atom. The zero-order valence-electron chi connectivity index (χ0n) is 9.97. The maximum Gasteiger partial charge on any atom is 0.232 e. The van der Waals surface area contributed by atoms with Gasteiger partial charge >= 0.3 is 0 Å². The Morgan fingerprint density at radius 3 is 2.72 bits per heavy atom. The van der Waals surface area contributed by atoms with Crippen LogP contribution in [0.15, 0.2) is 0 Å². The van der Waals surface area contributed by atoms with E-state index in [9.17, 15) is 13.5 Å². The van der Waals surface area contributed by atoms with E-state index in [2.05, 4.69) is 5.32 Å². The van der Waals surface area contributed by atoms with Gasteiger partial charge in [0.2, 0.25) is 11.8 Å². The third-order valence-electron chi connectivity index (χ3n) is 3.61. The van der Waals surface area contributed by atoms with Gasteiger partial charge in [0.1, 0.15) is 0 Å². The molecule has 0 aromatic rings. The predicted molar refractivity (Wildman–Crippen MR) is 63.3 cm³/mol. The Bertz CT molecular complexity index is 342. The maximum absolute atomic E-state index is 12.7. The highest BCUT2D eigenvalue weighted by atomic mass is 32.2. The van der Waals surface area contributed by atoms with Gasteiger partial charge in [0.15, 0.2) is 0 Å². The summed E-state index contributed by atoms with van der Waals surface area (Å²) >= 11 is 0.152. The second kappa shape index (κ2) is 5.54. The Balaban J connectivity index is 2.04. The molecule has 0 bridgehead atoms. The number of carbonyl (C=O) groups is 2. The van der Waals surface area contributed by atoms with Crippen molar-refractivity contribution < 1.29 is 23.3 Å². The lowest BCUT2D eigenvalue weighted by Gasteiger charge is -2.29. The lowest BCUT2D eigenvalue weighted by atomic mass is 9.85. The quantitative estimate of drug-likeness (QED) is 0.731. The van der Waals surface area contributed by atoms with Crippen LogP contribution in [0.1, 0.15) is 19.8 Å². The lowest BCUT2D eigenvalue weighted by molar-refractivity contribution is -0.144. The van der Waals surface area contributed by atoms with Crippen molar-refractivity contribution in [2.45, 2.75) is 37.2 Å². The molecule has 0 aromatic carbocycles. The molecule has 0 aromatic heterocycles. The molecule has 4 unspecified atom stereocenters. The SMILES string of the molecule is CC1CC(C2CC(SF)[C@@H](CO)O2)C(=O)NC1=O. The zero-order valence-corrected chi connectivity index (χ0v) is 10.8. The van der Waals surface area contributed by atoms with E-state index >= 15 is 0 Å². The number of carbonyl (C=O) groups excluding carboxylic acids is 2. The second-order valence-corrected chi connectivity index (χ2v) is 5.64. The molecule has 0 spiro atoms. The van der Waals surface area contributed by atoms with E-state index < -0.39 is 23.4 Å². The summed E-state index contributed by atoms with van der Waals surface area (Å²) in [5.74, 6) is -1.32. The summed E-state index contributed by atoms with van der Waals surface area (Å²) in [6.45, 7) is 1.48. The van der Waals surface area contributed by atoms with Crippen molar-refractivity contribution in [1.29, 1.82) is 0 Å². The van der Waals surface area contributed by atoms with Gasteiger partial charge in [-0.25, -0.2) is 0 Å². The van der Waals surface area contributed by atoms with Crippen LogP contribution >= 0.6 is 12.1 Å². The first kappa shape index (κ1) is 13.8. The van der Waals surface area contributed by atoms with Crippen molar-refractivity contribution in [3.63, 3.8) is 0 Å². The summed E-state index contributed by atoms with van der Waals surface area (Å²) in [4.78, 5) is 23.1. The molecule has 2 heterocycles. The molecule has 7 heteroatoms. The number of hydrogen-bond donors (Lipinski definition) is 2. The van der Waals surface area contributed by atoms with Crippen molar-refractivity contribution in [2.24, 2.45) is 11.8 Å². The standard InChI is InChI=1S/C11H16FNO4S/c1-5-2-6(11(16)13-10(5)15)7-3-9(18-12)8(4-14)17-7/h5-9,14H,2-4H2,1H3,(H,13,15,16)/t5?,6?,7?,8-,9?/m1/s1. The Labute approximate surface area is 109 Å². The smallest absolute Gasteiger partial charge is 0.232 e. The molecule has 2 aliphatic rings. The molecular formula is C11H16FNO4S. The van der Waals surface area contributed by atoms with E-state index in [1.807, 2.05) is 0 Å². The molecule has 0 saturated carbocycles. The molecule has 2 amide bonds. The summed E-state index contributed by atoms with van der Waals surface area (Å²) in [5, 5.41) is 10.9. The number of piperidine rings is 1. The van der Waals surface area contributed by atoms with Crippen LogP contribution in [0.3, 0.4) is 0 Å². The van der Waals surface area contributed by atoms with Crippen LogP contribution in [-0.2, 0) is 14.3 Å². The summed E-state index contributed by atoms with van der Waals surface area (Å²) in [7, 11) is 0. The number of nitrogens with one attached hydrogen (secondary N) is 1.